The largest absolute Gasteiger partial charge is 0.383 e. The van der Waals surface area contributed by atoms with E-state index < -0.39 is 0 Å². The van der Waals surface area contributed by atoms with E-state index in [2.05, 4.69) is 21.7 Å². The van der Waals surface area contributed by atoms with Crippen molar-refractivity contribution in [1.82, 2.24) is 4.90 Å². The molecule has 0 aromatic carbocycles. The predicted octanol–water partition coefficient (Wildman–Crippen LogP) is 2.25. The highest BCUT2D eigenvalue weighted by Crippen LogP contribution is 2.30. The summed E-state index contributed by atoms with van der Waals surface area (Å²) in [6.45, 7) is 2.90. The molecule has 1 aliphatic heterocycles. The highest BCUT2D eigenvalue weighted by Gasteiger charge is 2.28. The van der Waals surface area contributed by atoms with Gasteiger partial charge in [-0.15, -0.1) is 0 Å². The lowest BCUT2D eigenvalue weighted by Crippen LogP contribution is -2.41. The van der Waals surface area contributed by atoms with Gasteiger partial charge in [0.25, 0.3) is 0 Å². The van der Waals surface area contributed by atoms with Crippen molar-refractivity contribution in [2.75, 3.05) is 26.8 Å². The average molecular weight is 254 g/mol. The fourth-order valence-electron chi connectivity index (χ4n) is 2.62. The molecule has 2 heterocycles. The molecule has 1 aromatic heterocycles. The van der Waals surface area contributed by atoms with E-state index in [1.54, 1.807) is 18.4 Å². The summed E-state index contributed by atoms with van der Waals surface area (Å²) < 4.78 is 5.21. The first-order valence-electron chi connectivity index (χ1n) is 6.33. The normalized spacial score (nSPS) is 26.9. The van der Waals surface area contributed by atoms with Crippen LogP contribution in [0.1, 0.15) is 30.9 Å². The van der Waals surface area contributed by atoms with Crippen molar-refractivity contribution in [2.45, 2.75) is 31.3 Å². The minimum atomic E-state index is 0.254. The molecule has 96 valence electrons. The third kappa shape index (κ3) is 3.28. The Hall–Kier alpha value is -0.420. The van der Waals surface area contributed by atoms with Crippen molar-refractivity contribution in [1.29, 1.82) is 0 Å². The Morgan fingerprint density at radius 1 is 1.53 bits per heavy atom. The third-order valence-corrected chi connectivity index (χ3v) is 4.20. The maximum Gasteiger partial charge on any atom is 0.0589 e. The van der Waals surface area contributed by atoms with Gasteiger partial charge >= 0.3 is 0 Å². The molecule has 2 unspecified atom stereocenters. The number of hydrogen-bond donors (Lipinski definition) is 1. The standard InChI is InChI=1S/C13H22N2OS/c1-16-8-7-15-6-3-2-4-12(14)13(15)11-5-9-17-10-11/h5,9-10,12-13H,2-4,6-8,14H2,1H3. The van der Waals surface area contributed by atoms with Crippen molar-refractivity contribution in [2.24, 2.45) is 5.73 Å². The van der Waals surface area contributed by atoms with Crippen molar-refractivity contribution < 1.29 is 4.74 Å². The number of hydrogen-bond acceptors (Lipinski definition) is 4. The Morgan fingerprint density at radius 2 is 2.41 bits per heavy atom. The minimum Gasteiger partial charge on any atom is -0.383 e. The first-order chi connectivity index (χ1) is 8.33. The van der Waals surface area contributed by atoms with Crippen LogP contribution in [0.15, 0.2) is 16.8 Å². The molecule has 0 aliphatic carbocycles. The van der Waals surface area contributed by atoms with Gasteiger partial charge in [0.05, 0.1) is 12.6 Å². The van der Waals surface area contributed by atoms with Crippen molar-refractivity contribution in [3.05, 3.63) is 22.4 Å². The van der Waals surface area contributed by atoms with Crippen LogP contribution in [0.4, 0.5) is 0 Å². The number of ether oxygens (including phenoxy) is 1. The van der Waals surface area contributed by atoms with Gasteiger partial charge in [-0.05, 0) is 41.8 Å². The first kappa shape index (κ1) is 13.0. The summed E-state index contributed by atoms with van der Waals surface area (Å²) in [7, 11) is 1.76. The first-order valence-corrected chi connectivity index (χ1v) is 7.28. The van der Waals surface area contributed by atoms with Gasteiger partial charge in [0.15, 0.2) is 0 Å². The number of thiophene rings is 1. The van der Waals surface area contributed by atoms with E-state index in [0.29, 0.717) is 6.04 Å². The quantitative estimate of drug-likeness (QED) is 0.895. The number of nitrogens with two attached hydrogens (primary N) is 1. The van der Waals surface area contributed by atoms with Crippen LogP contribution in [0, 0.1) is 0 Å². The van der Waals surface area contributed by atoms with Crippen LogP contribution in [0.2, 0.25) is 0 Å². The Balaban J connectivity index is 2.13. The molecule has 2 rings (SSSR count). The second-order valence-electron chi connectivity index (χ2n) is 4.69. The van der Waals surface area contributed by atoms with Crippen molar-refractivity contribution in [3.63, 3.8) is 0 Å². The zero-order valence-electron chi connectivity index (χ0n) is 10.5. The lowest BCUT2D eigenvalue weighted by atomic mass is 9.99. The second kappa shape index (κ2) is 6.50. The highest BCUT2D eigenvalue weighted by atomic mass is 32.1. The van der Waals surface area contributed by atoms with Crippen LogP contribution in [0.25, 0.3) is 0 Å². The number of likely N-dealkylation sites (tertiary alicyclic amines) is 1. The van der Waals surface area contributed by atoms with E-state index in [-0.39, 0.29) is 6.04 Å². The van der Waals surface area contributed by atoms with E-state index in [9.17, 15) is 0 Å². The Labute approximate surface area is 108 Å². The summed E-state index contributed by atoms with van der Waals surface area (Å²) in [5.41, 5.74) is 7.73. The number of nitrogens with zero attached hydrogens (tertiary/aromatic N) is 1. The molecule has 0 bridgehead atoms. The Bertz CT molecular complexity index is 315. The SMILES string of the molecule is COCCN1CCCCC(N)C1c1ccsc1. The molecule has 0 saturated carbocycles. The summed E-state index contributed by atoms with van der Waals surface area (Å²) in [4.78, 5) is 2.49. The van der Waals surface area contributed by atoms with Gasteiger partial charge in [-0.25, -0.2) is 0 Å². The van der Waals surface area contributed by atoms with Gasteiger partial charge < -0.3 is 10.5 Å². The van der Waals surface area contributed by atoms with Crippen LogP contribution in [-0.2, 0) is 4.74 Å². The van der Waals surface area contributed by atoms with E-state index in [1.165, 1.54) is 18.4 Å². The molecule has 3 nitrogen and oxygen atoms in total. The van der Waals surface area contributed by atoms with E-state index in [0.717, 1.165) is 26.1 Å². The molecule has 0 amide bonds. The van der Waals surface area contributed by atoms with E-state index >= 15 is 0 Å². The van der Waals surface area contributed by atoms with Crippen molar-refractivity contribution >= 4 is 11.3 Å². The smallest absolute Gasteiger partial charge is 0.0589 e. The molecule has 1 aromatic rings. The summed E-state index contributed by atoms with van der Waals surface area (Å²) >= 11 is 1.75. The summed E-state index contributed by atoms with van der Waals surface area (Å²) in [5, 5.41) is 4.37. The molecule has 0 spiro atoms. The fraction of sp³-hybridized carbons (Fsp3) is 0.692. The molecule has 1 aliphatic rings. The molecular weight excluding hydrogens is 232 g/mol. The molecular formula is C13H22N2OS. The molecule has 4 heteroatoms. The van der Waals surface area contributed by atoms with Gasteiger partial charge in [0, 0.05) is 19.7 Å². The summed E-state index contributed by atoms with van der Waals surface area (Å²) in [6.07, 6.45) is 3.62. The average Bonchev–Trinajstić information content (AvgIpc) is 2.78. The van der Waals surface area contributed by atoms with Crippen LogP contribution in [-0.4, -0.2) is 37.7 Å². The minimum absolute atomic E-state index is 0.254. The molecule has 17 heavy (non-hydrogen) atoms. The topological polar surface area (TPSA) is 38.5 Å². The number of methoxy groups -OCH3 is 1. The Morgan fingerprint density at radius 3 is 3.12 bits per heavy atom. The summed E-state index contributed by atoms with van der Waals surface area (Å²) in [5.74, 6) is 0. The lowest BCUT2D eigenvalue weighted by molar-refractivity contribution is 0.115. The molecule has 2 N–H and O–H groups in total. The maximum atomic E-state index is 6.35. The van der Waals surface area contributed by atoms with E-state index in [4.69, 9.17) is 10.5 Å². The molecule has 2 atom stereocenters. The third-order valence-electron chi connectivity index (χ3n) is 3.50. The predicted molar refractivity (Wildman–Crippen MR) is 72.3 cm³/mol. The van der Waals surface area contributed by atoms with Crippen LogP contribution >= 0.6 is 11.3 Å². The monoisotopic (exact) mass is 254 g/mol. The lowest BCUT2D eigenvalue weighted by Gasteiger charge is -2.32. The molecule has 1 fully saturated rings. The second-order valence-corrected chi connectivity index (χ2v) is 5.47. The molecule has 1 saturated heterocycles. The van der Waals surface area contributed by atoms with Crippen LogP contribution in [0.5, 0.6) is 0 Å². The zero-order chi connectivity index (χ0) is 12.1. The highest BCUT2D eigenvalue weighted by molar-refractivity contribution is 7.07. The fourth-order valence-corrected chi connectivity index (χ4v) is 3.31. The van der Waals surface area contributed by atoms with Crippen molar-refractivity contribution in [3.8, 4) is 0 Å². The maximum absolute atomic E-state index is 6.35. The van der Waals surface area contributed by atoms with Gasteiger partial charge in [-0.1, -0.05) is 6.42 Å². The van der Waals surface area contributed by atoms with E-state index in [1.807, 2.05) is 0 Å². The zero-order valence-corrected chi connectivity index (χ0v) is 11.3. The van der Waals surface area contributed by atoms with Gasteiger partial charge in [-0.2, -0.15) is 11.3 Å². The van der Waals surface area contributed by atoms with Gasteiger partial charge in [-0.3, -0.25) is 4.90 Å². The number of rotatable bonds is 4. The van der Waals surface area contributed by atoms with Gasteiger partial charge in [0.1, 0.15) is 0 Å². The molecule has 0 radical (unpaired) electrons. The van der Waals surface area contributed by atoms with Crippen LogP contribution in [0.3, 0.4) is 0 Å². The van der Waals surface area contributed by atoms with Gasteiger partial charge in [0.2, 0.25) is 0 Å². The summed E-state index contributed by atoms with van der Waals surface area (Å²) in [6, 6.07) is 2.84. The Kier molecular flexibility index (Phi) is 4.98. The van der Waals surface area contributed by atoms with Crippen LogP contribution < -0.4 is 5.73 Å².